The number of phenols is 5. The van der Waals surface area contributed by atoms with Gasteiger partial charge >= 0.3 is 5.97 Å². The SMILES string of the molecule is C[C@@H]1O[C@@H](Oc2c(-c3ccc(O)c(O)c3)oc3cc(O[C@@H]4O[C@H](CO)[C@@H](O)[C@H](O)[C@H]4O)cc(O)c3c2=O)[C@H](O[C@@H]2O[C@H](COC(=O)/C=C/c3ccc(O)c(O)c3)[C@@H](O)[C@H](O)[C@H]2O)[C@H](O)[C@H]1O. The van der Waals surface area contributed by atoms with E-state index in [0.29, 0.717) is 5.56 Å². The minimum absolute atomic E-state index is 0.155. The summed E-state index contributed by atoms with van der Waals surface area (Å²) >= 11 is 0. The Morgan fingerprint density at radius 1 is 0.652 bits per heavy atom. The van der Waals surface area contributed by atoms with Crippen molar-refractivity contribution < 1.29 is 114 Å². The molecule has 3 fully saturated rings. The van der Waals surface area contributed by atoms with Gasteiger partial charge in [0.15, 0.2) is 41.2 Å². The highest BCUT2D eigenvalue weighted by atomic mass is 16.8. The lowest BCUT2D eigenvalue weighted by Gasteiger charge is -2.45. The number of hydrogen-bond acceptors (Lipinski definition) is 24. The highest BCUT2D eigenvalue weighted by Crippen LogP contribution is 2.41. The Bertz CT molecular complexity index is 2470. The summed E-state index contributed by atoms with van der Waals surface area (Å²) < 4.78 is 45.5. The molecular weight excluding hydrogens is 888 g/mol. The number of esters is 1. The first-order valence-corrected chi connectivity index (χ1v) is 20.0. The maximum absolute atomic E-state index is 14.4. The first kappa shape index (κ1) is 48.1. The Morgan fingerprint density at radius 3 is 1.95 bits per heavy atom. The number of fused-ring (bicyclic) bond motifs is 1. The predicted octanol–water partition coefficient (Wildman–Crippen LogP) is -2.54. The van der Waals surface area contributed by atoms with E-state index in [2.05, 4.69) is 0 Å². The van der Waals surface area contributed by atoms with Crippen LogP contribution in [-0.4, -0.2) is 183 Å². The van der Waals surface area contributed by atoms with Crippen molar-refractivity contribution in [2.24, 2.45) is 0 Å². The summed E-state index contributed by atoms with van der Waals surface area (Å²) in [6.07, 6.45) is -24.9. The van der Waals surface area contributed by atoms with Crippen LogP contribution in [0.1, 0.15) is 12.5 Å². The van der Waals surface area contributed by atoms with Gasteiger partial charge in [0.2, 0.25) is 23.8 Å². The molecule has 15 atom stereocenters. The predicted molar refractivity (Wildman–Crippen MR) is 216 cm³/mol. The van der Waals surface area contributed by atoms with Crippen LogP contribution in [0.4, 0.5) is 0 Å². The number of carbonyl (C=O) groups excluding carboxylic acids is 1. The van der Waals surface area contributed by atoms with Gasteiger partial charge in [0.05, 0.1) is 12.7 Å². The second-order valence-electron chi connectivity index (χ2n) is 15.6. The molecule has 1 aromatic heterocycles. The molecule has 4 aromatic rings. The number of ether oxygens (including phenoxy) is 7. The van der Waals surface area contributed by atoms with Gasteiger partial charge in [0.25, 0.3) is 0 Å². The maximum Gasteiger partial charge on any atom is 0.330 e. The Morgan fingerprint density at radius 2 is 1.29 bits per heavy atom. The average molecular weight is 935 g/mol. The van der Waals surface area contributed by atoms with Gasteiger partial charge in [0, 0.05) is 23.8 Å². The normalized spacial score (nSPS) is 32.6. The topological polar surface area (TPSA) is 395 Å². The van der Waals surface area contributed by atoms with Crippen LogP contribution in [0.2, 0.25) is 0 Å². The molecule has 0 unspecified atom stereocenters. The number of benzene rings is 3. The van der Waals surface area contributed by atoms with Crippen LogP contribution in [0, 0.1) is 0 Å². The lowest BCUT2D eigenvalue weighted by atomic mass is 9.97. The first-order valence-electron chi connectivity index (χ1n) is 20.0. The van der Waals surface area contributed by atoms with Crippen LogP contribution >= 0.6 is 0 Å². The van der Waals surface area contributed by atoms with Crippen LogP contribution in [0.15, 0.2) is 63.8 Å². The van der Waals surface area contributed by atoms with Crippen LogP contribution in [-0.2, 0) is 28.5 Å². The minimum atomic E-state index is -2.09. The van der Waals surface area contributed by atoms with Crippen LogP contribution in [0.5, 0.6) is 40.2 Å². The van der Waals surface area contributed by atoms with Gasteiger partial charge in [-0.1, -0.05) is 6.07 Å². The van der Waals surface area contributed by atoms with E-state index < -0.39 is 168 Å². The highest BCUT2D eigenvalue weighted by Gasteiger charge is 2.51. The lowest BCUT2D eigenvalue weighted by Crippen LogP contribution is -2.64. The van der Waals surface area contributed by atoms with Crippen molar-refractivity contribution in [1.82, 2.24) is 0 Å². The van der Waals surface area contributed by atoms with Gasteiger partial charge in [0.1, 0.15) is 90.1 Å². The Kier molecular flexibility index (Phi) is 14.3. The van der Waals surface area contributed by atoms with Gasteiger partial charge in [-0.05, 0) is 48.9 Å². The monoisotopic (exact) mass is 934 g/mol. The molecule has 3 saturated heterocycles. The zero-order valence-electron chi connectivity index (χ0n) is 34.2. The molecule has 0 saturated carbocycles. The fraction of sp³-hybridized carbons (Fsp3) is 0.429. The molecule has 66 heavy (non-hydrogen) atoms. The first-order chi connectivity index (χ1) is 31.3. The molecule has 3 aliphatic rings. The lowest BCUT2D eigenvalue weighted by molar-refractivity contribution is -0.355. The summed E-state index contributed by atoms with van der Waals surface area (Å²) in [5.74, 6) is -5.65. The number of aliphatic hydroxyl groups excluding tert-OH is 9. The average Bonchev–Trinajstić information content (AvgIpc) is 3.28. The number of hydrogen-bond donors (Lipinski definition) is 14. The van der Waals surface area contributed by atoms with Crippen LogP contribution in [0.25, 0.3) is 28.4 Å². The molecule has 3 aliphatic heterocycles. The van der Waals surface area contributed by atoms with Crippen molar-refractivity contribution in [1.29, 1.82) is 0 Å². The molecular formula is C42H46O24. The van der Waals surface area contributed by atoms with Crippen LogP contribution in [0.3, 0.4) is 0 Å². The second-order valence-corrected chi connectivity index (χ2v) is 15.6. The molecule has 0 amide bonds. The zero-order valence-corrected chi connectivity index (χ0v) is 34.2. The standard InChI is InChI=1S/C42H46O24/c1-14-28(50)34(56)39(66-41-36(58)33(55)30(52)25(64-41)13-59-26(49)7-3-15-2-5-18(44)20(46)8-15)42(60-14)65-38-31(53)27-22(48)10-17(61-40-35(57)32(54)29(51)24(12-43)63-40)11-23(27)62-37(38)16-4-6-19(45)21(47)9-16/h2-11,14,24-25,28-30,32-36,39-48,50-52,54-58H,12-13H2,1H3/b7-3+/t14-,24+,25+,28-,29+,30+,32-,33-,34+,35+,36+,39+,40+,41-,42-/m0/s1. The third-order valence-corrected chi connectivity index (χ3v) is 11.0. The molecule has 0 aliphatic carbocycles. The molecule has 0 radical (unpaired) electrons. The summed E-state index contributed by atoms with van der Waals surface area (Å²) in [5, 5.41) is 145. The van der Waals surface area contributed by atoms with Crippen molar-refractivity contribution >= 4 is 23.0 Å². The van der Waals surface area contributed by atoms with Crippen LogP contribution < -0.4 is 14.9 Å². The van der Waals surface area contributed by atoms with Crippen molar-refractivity contribution in [3.8, 4) is 51.6 Å². The van der Waals surface area contributed by atoms with Gasteiger partial charge in [-0.3, -0.25) is 4.79 Å². The minimum Gasteiger partial charge on any atom is -0.507 e. The molecule has 24 nitrogen and oxygen atoms in total. The number of aliphatic hydroxyl groups is 9. The van der Waals surface area contributed by atoms with Gasteiger partial charge in [-0.15, -0.1) is 0 Å². The fourth-order valence-electron chi connectivity index (χ4n) is 7.29. The Hall–Kier alpha value is -5.84. The third kappa shape index (κ3) is 9.67. The highest BCUT2D eigenvalue weighted by molar-refractivity contribution is 5.89. The Balaban J connectivity index is 1.18. The molecule has 4 heterocycles. The summed E-state index contributed by atoms with van der Waals surface area (Å²) in [4.78, 5) is 26.9. The van der Waals surface area contributed by atoms with E-state index >= 15 is 0 Å². The molecule has 3 aromatic carbocycles. The van der Waals surface area contributed by atoms with Crippen molar-refractivity contribution in [3.05, 3.63) is 70.4 Å². The molecule has 7 rings (SSSR count). The largest absolute Gasteiger partial charge is 0.507 e. The number of rotatable bonds is 12. The van der Waals surface area contributed by atoms with E-state index in [-0.39, 0.29) is 11.3 Å². The molecule has 0 spiro atoms. The van der Waals surface area contributed by atoms with Crippen molar-refractivity contribution in [3.63, 3.8) is 0 Å². The number of phenolic OH excluding ortho intramolecular Hbond substituents is 5. The number of aromatic hydroxyl groups is 5. The van der Waals surface area contributed by atoms with Gasteiger partial charge in [-0.2, -0.15) is 0 Å². The third-order valence-electron chi connectivity index (χ3n) is 11.0. The zero-order chi connectivity index (χ0) is 47.9. The summed E-state index contributed by atoms with van der Waals surface area (Å²) in [5.41, 5.74) is -1.46. The molecule has 14 N–H and O–H groups in total. The maximum atomic E-state index is 14.4. The quantitative estimate of drug-likeness (QED) is 0.0395. The van der Waals surface area contributed by atoms with Crippen molar-refractivity contribution in [2.45, 2.75) is 99.0 Å². The fourth-order valence-corrected chi connectivity index (χ4v) is 7.29. The van der Waals surface area contributed by atoms with E-state index in [4.69, 9.17) is 37.6 Å². The van der Waals surface area contributed by atoms with E-state index in [9.17, 15) is 81.1 Å². The van der Waals surface area contributed by atoms with Crippen molar-refractivity contribution in [2.75, 3.05) is 13.2 Å². The Labute approximate surface area is 370 Å². The van der Waals surface area contributed by atoms with Gasteiger partial charge < -0.3 is 109 Å². The summed E-state index contributed by atoms with van der Waals surface area (Å²) in [6, 6.07) is 8.80. The van der Waals surface area contributed by atoms with E-state index in [1.165, 1.54) is 31.2 Å². The van der Waals surface area contributed by atoms with E-state index in [0.717, 1.165) is 36.4 Å². The molecule has 358 valence electrons. The second kappa shape index (κ2) is 19.6. The van der Waals surface area contributed by atoms with E-state index in [1.807, 2.05) is 0 Å². The molecule has 0 bridgehead atoms. The molecule has 24 heteroatoms. The number of carbonyl (C=O) groups is 1. The summed E-state index contributed by atoms with van der Waals surface area (Å²) in [7, 11) is 0. The smallest absolute Gasteiger partial charge is 0.330 e. The van der Waals surface area contributed by atoms with Gasteiger partial charge in [-0.25, -0.2) is 4.79 Å². The summed E-state index contributed by atoms with van der Waals surface area (Å²) in [6.45, 7) is -0.230. The van der Waals surface area contributed by atoms with E-state index in [1.54, 1.807) is 0 Å².